The molecular weight excluding hydrogens is 366 g/mol. The summed E-state index contributed by atoms with van der Waals surface area (Å²) in [5.74, 6) is -1.66. The topological polar surface area (TPSA) is 18.5 Å². The van der Waals surface area contributed by atoms with E-state index >= 15 is 0 Å². The number of halogens is 2. The molecule has 0 bridgehead atoms. The summed E-state index contributed by atoms with van der Waals surface area (Å²) in [7, 11) is 0. The minimum Gasteiger partial charge on any atom is -0.455 e. The van der Waals surface area contributed by atoms with Crippen LogP contribution in [0.25, 0.3) is 21.6 Å². The summed E-state index contributed by atoms with van der Waals surface area (Å²) in [5, 5.41) is 0.649. The van der Waals surface area contributed by atoms with Gasteiger partial charge in [-0.05, 0) is 42.2 Å². The zero-order valence-corrected chi connectivity index (χ0v) is 15.8. The normalized spacial score (nSPS) is 16.6. The van der Waals surface area contributed by atoms with Gasteiger partial charge in [-0.15, -0.1) is 0 Å². The Balaban J connectivity index is 1.60. The number of benzene rings is 2. The Bertz CT molecular complexity index is 928. The van der Waals surface area contributed by atoms with Crippen molar-refractivity contribution < 1.29 is 18.3 Å². The van der Waals surface area contributed by atoms with Crippen molar-refractivity contribution >= 4 is 11.3 Å². The Morgan fingerprint density at radius 3 is 2.44 bits per heavy atom. The summed E-state index contributed by atoms with van der Waals surface area (Å²) in [5.41, 5.74) is 2.34. The van der Waals surface area contributed by atoms with Gasteiger partial charge in [0.1, 0.15) is 0 Å². The second-order valence-electron chi connectivity index (χ2n) is 6.52. The van der Waals surface area contributed by atoms with E-state index in [1.54, 1.807) is 24.3 Å². The van der Waals surface area contributed by atoms with Gasteiger partial charge in [-0.1, -0.05) is 48.6 Å². The first-order valence-electron chi connectivity index (χ1n) is 9.11. The fraction of sp³-hybridized carbons (Fsp3) is 0.273. The van der Waals surface area contributed by atoms with Crippen LogP contribution in [0, 0.1) is 11.6 Å². The molecule has 0 aliphatic carbocycles. The Morgan fingerprint density at radius 2 is 1.74 bits per heavy atom. The second kappa shape index (κ2) is 7.79. The van der Waals surface area contributed by atoms with Crippen molar-refractivity contribution in [3.05, 3.63) is 65.7 Å². The first kappa shape index (κ1) is 18.1. The van der Waals surface area contributed by atoms with Crippen LogP contribution in [-0.4, -0.2) is 12.9 Å². The van der Waals surface area contributed by atoms with Crippen molar-refractivity contribution in [3.8, 4) is 26.6 Å². The molecular formula is C22H20F2O2S. The standard InChI is InChI=1S/C22H20F2O2S/c1-2-14-5-7-15(8-6-14)16-9-10-17(22(24)21(16)23)18-11-12-20(27-18)26-19-4-3-13-25-19/h5-12,19H,2-4,13H2,1H3. The molecule has 1 saturated heterocycles. The smallest absolute Gasteiger partial charge is 0.200 e. The molecule has 27 heavy (non-hydrogen) atoms. The molecule has 2 nitrogen and oxygen atoms in total. The number of hydrogen-bond donors (Lipinski definition) is 0. The molecule has 1 aromatic heterocycles. The number of hydrogen-bond acceptors (Lipinski definition) is 3. The zero-order chi connectivity index (χ0) is 18.8. The van der Waals surface area contributed by atoms with Gasteiger partial charge in [-0.25, -0.2) is 8.78 Å². The van der Waals surface area contributed by atoms with E-state index < -0.39 is 11.6 Å². The molecule has 3 aromatic rings. The van der Waals surface area contributed by atoms with Crippen molar-refractivity contribution in [1.29, 1.82) is 0 Å². The van der Waals surface area contributed by atoms with Gasteiger partial charge in [-0.3, -0.25) is 0 Å². The van der Waals surface area contributed by atoms with E-state index in [1.807, 2.05) is 24.3 Å². The molecule has 0 saturated carbocycles. The number of rotatable bonds is 5. The van der Waals surface area contributed by atoms with Crippen LogP contribution >= 0.6 is 11.3 Å². The molecule has 1 aliphatic rings. The van der Waals surface area contributed by atoms with Gasteiger partial charge in [0, 0.05) is 22.4 Å². The van der Waals surface area contributed by atoms with Gasteiger partial charge in [0.25, 0.3) is 0 Å². The van der Waals surface area contributed by atoms with E-state index in [-0.39, 0.29) is 17.4 Å². The number of ether oxygens (including phenoxy) is 2. The Labute approximate surface area is 161 Å². The van der Waals surface area contributed by atoms with Gasteiger partial charge in [0.15, 0.2) is 16.7 Å². The summed E-state index contributed by atoms with van der Waals surface area (Å²) in [6.45, 7) is 2.76. The van der Waals surface area contributed by atoms with Crippen LogP contribution in [-0.2, 0) is 11.2 Å². The average Bonchev–Trinajstić information content (AvgIpc) is 3.37. The molecule has 1 fully saturated rings. The third-order valence-corrected chi connectivity index (χ3v) is 5.75. The molecule has 1 unspecified atom stereocenters. The molecule has 0 spiro atoms. The molecule has 5 heteroatoms. The molecule has 1 atom stereocenters. The van der Waals surface area contributed by atoms with Gasteiger partial charge in [-0.2, -0.15) is 0 Å². The van der Waals surface area contributed by atoms with Gasteiger partial charge >= 0.3 is 0 Å². The largest absolute Gasteiger partial charge is 0.455 e. The molecule has 2 aromatic carbocycles. The fourth-order valence-corrected chi connectivity index (χ4v) is 4.09. The minimum absolute atomic E-state index is 0.244. The highest BCUT2D eigenvalue weighted by Gasteiger charge is 2.20. The molecule has 0 N–H and O–H groups in total. The van der Waals surface area contributed by atoms with E-state index in [0.717, 1.165) is 24.8 Å². The lowest BCUT2D eigenvalue weighted by Gasteiger charge is -2.10. The van der Waals surface area contributed by atoms with Crippen molar-refractivity contribution in [1.82, 2.24) is 0 Å². The van der Waals surface area contributed by atoms with Crippen molar-refractivity contribution in [3.63, 3.8) is 0 Å². The first-order valence-corrected chi connectivity index (χ1v) is 9.93. The van der Waals surface area contributed by atoms with E-state index in [2.05, 4.69) is 6.92 Å². The Morgan fingerprint density at radius 1 is 1.00 bits per heavy atom. The van der Waals surface area contributed by atoms with Gasteiger partial charge < -0.3 is 9.47 Å². The third-order valence-electron chi connectivity index (χ3n) is 4.74. The highest BCUT2D eigenvalue weighted by atomic mass is 32.1. The third kappa shape index (κ3) is 3.75. The van der Waals surface area contributed by atoms with Crippen molar-refractivity contribution in [2.24, 2.45) is 0 Å². The maximum absolute atomic E-state index is 14.8. The molecule has 140 valence electrons. The highest BCUT2D eigenvalue weighted by molar-refractivity contribution is 7.17. The SMILES string of the molecule is CCc1ccc(-c2ccc(-c3ccc(OC4CCCO4)s3)c(F)c2F)cc1. The zero-order valence-electron chi connectivity index (χ0n) is 15.0. The fourth-order valence-electron chi connectivity index (χ4n) is 3.18. The summed E-state index contributed by atoms with van der Waals surface area (Å²) in [6, 6.07) is 14.3. The van der Waals surface area contributed by atoms with E-state index in [4.69, 9.17) is 9.47 Å². The maximum Gasteiger partial charge on any atom is 0.200 e. The van der Waals surface area contributed by atoms with Crippen molar-refractivity contribution in [2.45, 2.75) is 32.5 Å². The van der Waals surface area contributed by atoms with Crippen LogP contribution < -0.4 is 4.74 Å². The summed E-state index contributed by atoms with van der Waals surface area (Å²) in [6.07, 6.45) is 2.49. The monoisotopic (exact) mass is 386 g/mol. The Kier molecular flexibility index (Phi) is 5.23. The minimum atomic E-state index is -0.836. The maximum atomic E-state index is 14.8. The molecule has 0 radical (unpaired) electrons. The highest BCUT2D eigenvalue weighted by Crippen LogP contribution is 2.38. The van der Waals surface area contributed by atoms with Crippen molar-refractivity contribution in [2.75, 3.05) is 6.61 Å². The van der Waals surface area contributed by atoms with Crippen LogP contribution in [0.1, 0.15) is 25.3 Å². The molecule has 1 aliphatic heterocycles. The average molecular weight is 386 g/mol. The van der Waals surface area contributed by atoms with E-state index in [1.165, 1.54) is 11.3 Å². The predicted octanol–water partition coefficient (Wildman–Crippen LogP) is 6.44. The Hall–Kier alpha value is -2.24. The molecule has 0 amide bonds. The first-order chi connectivity index (χ1) is 13.2. The summed E-state index contributed by atoms with van der Waals surface area (Å²) >= 11 is 1.29. The van der Waals surface area contributed by atoms with Crippen LogP contribution in [0.2, 0.25) is 0 Å². The lowest BCUT2D eigenvalue weighted by atomic mass is 10.0. The number of aryl methyl sites for hydroxylation is 1. The molecule has 4 rings (SSSR count). The number of thiophene rings is 1. The van der Waals surface area contributed by atoms with E-state index in [9.17, 15) is 8.78 Å². The van der Waals surface area contributed by atoms with Crippen LogP contribution in [0.4, 0.5) is 8.78 Å². The van der Waals surface area contributed by atoms with Crippen LogP contribution in [0.3, 0.4) is 0 Å². The molecule has 2 heterocycles. The summed E-state index contributed by atoms with van der Waals surface area (Å²) in [4.78, 5) is 0.632. The van der Waals surface area contributed by atoms with Gasteiger partial charge in [0.2, 0.25) is 6.29 Å². The lowest BCUT2D eigenvalue weighted by molar-refractivity contribution is -0.0367. The summed E-state index contributed by atoms with van der Waals surface area (Å²) < 4.78 is 40.7. The van der Waals surface area contributed by atoms with E-state index in [0.29, 0.717) is 22.1 Å². The van der Waals surface area contributed by atoms with Crippen LogP contribution in [0.15, 0.2) is 48.5 Å². The lowest BCUT2D eigenvalue weighted by Crippen LogP contribution is -2.12. The quantitative estimate of drug-likeness (QED) is 0.502. The second-order valence-corrected chi connectivity index (χ2v) is 7.56. The van der Waals surface area contributed by atoms with Gasteiger partial charge in [0.05, 0.1) is 6.61 Å². The van der Waals surface area contributed by atoms with Crippen LogP contribution in [0.5, 0.6) is 5.06 Å². The predicted molar refractivity (Wildman–Crippen MR) is 104 cm³/mol.